The monoisotopic (exact) mass is 259 g/mol. The maximum absolute atomic E-state index is 5.69. The first-order valence-corrected chi connectivity index (χ1v) is 6.78. The molecule has 1 unspecified atom stereocenters. The van der Waals surface area contributed by atoms with Crippen molar-refractivity contribution in [2.75, 3.05) is 7.05 Å². The van der Waals surface area contributed by atoms with Gasteiger partial charge in [-0.2, -0.15) is 0 Å². The van der Waals surface area contributed by atoms with Crippen molar-refractivity contribution >= 4 is 0 Å². The molecule has 0 aliphatic heterocycles. The Morgan fingerprint density at radius 3 is 2.53 bits per heavy atom. The normalized spacial score (nSPS) is 12.6. The average molecular weight is 259 g/mol. The highest BCUT2D eigenvalue weighted by molar-refractivity contribution is 5.21. The van der Waals surface area contributed by atoms with Crippen molar-refractivity contribution in [3.63, 3.8) is 0 Å². The zero-order valence-electron chi connectivity index (χ0n) is 11.8. The van der Waals surface area contributed by atoms with Gasteiger partial charge in [0.2, 0.25) is 11.8 Å². The molecular weight excluding hydrogens is 238 g/mol. The number of rotatable bonds is 6. The van der Waals surface area contributed by atoms with E-state index in [9.17, 15) is 0 Å². The zero-order chi connectivity index (χ0) is 13.7. The molecule has 0 spiro atoms. The lowest BCUT2D eigenvalue weighted by molar-refractivity contribution is 0.386. The van der Waals surface area contributed by atoms with Crippen LogP contribution in [0.25, 0.3) is 0 Å². The van der Waals surface area contributed by atoms with Crippen LogP contribution in [-0.4, -0.2) is 17.2 Å². The first-order valence-electron chi connectivity index (χ1n) is 6.78. The lowest BCUT2D eigenvalue weighted by Gasteiger charge is -2.07. The van der Waals surface area contributed by atoms with Gasteiger partial charge in [-0.15, -0.1) is 10.2 Å². The van der Waals surface area contributed by atoms with Crippen molar-refractivity contribution in [3.05, 3.63) is 47.2 Å². The van der Waals surface area contributed by atoms with Gasteiger partial charge in [0.25, 0.3) is 0 Å². The highest BCUT2D eigenvalue weighted by Gasteiger charge is 2.14. The fourth-order valence-electron chi connectivity index (χ4n) is 2.02. The van der Waals surface area contributed by atoms with E-state index in [1.807, 2.05) is 7.05 Å². The number of aromatic nitrogens is 2. The molecule has 0 fully saturated rings. The van der Waals surface area contributed by atoms with Gasteiger partial charge in [-0.25, -0.2) is 0 Å². The second kappa shape index (κ2) is 6.48. The molecule has 102 valence electrons. The van der Waals surface area contributed by atoms with Gasteiger partial charge in [-0.1, -0.05) is 36.8 Å². The summed E-state index contributed by atoms with van der Waals surface area (Å²) in [4.78, 5) is 0. The SMILES string of the molecule is CCC(NC)c1nnc(CCc2ccc(C)cc2)o1. The van der Waals surface area contributed by atoms with Crippen LogP contribution in [0.3, 0.4) is 0 Å². The van der Waals surface area contributed by atoms with Crippen molar-refractivity contribution in [3.8, 4) is 0 Å². The van der Waals surface area contributed by atoms with Gasteiger partial charge < -0.3 is 9.73 Å². The van der Waals surface area contributed by atoms with Gasteiger partial charge >= 0.3 is 0 Å². The lowest BCUT2D eigenvalue weighted by Crippen LogP contribution is -2.15. The molecular formula is C15H21N3O. The maximum atomic E-state index is 5.69. The average Bonchev–Trinajstić information content (AvgIpc) is 2.88. The van der Waals surface area contributed by atoms with Crippen LogP contribution in [0.4, 0.5) is 0 Å². The molecule has 0 saturated heterocycles. The first-order chi connectivity index (χ1) is 9.22. The van der Waals surface area contributed by atoms with E-state index in [4.69, 9.17) is 4.42 Å². The standard InChI is InChI=1S/C15H21N3O/c1-4-13(16-3)15-18-17-14(19-15)10-9-12-7-5-11(2)6-8-12/h5-8,13,16H,4,9-10H2,1-3H3. The largest absolute Gasteiger partial charge is 0.424 e. The van der Waals surface area contributed by atoms with Gasteiger partial charge in [-0.05, 0) is 32.4 Å². The molecule has 1 atom stereocenters. The second-order valence-corrected chi connectivity index (χ2v) is 4.77. The zero-order valence-corrected chi connectivity index (χ0v) is 11.8. The molecule has 0 bridgehead atoms. The van der Waals surface area contributed by atoms with Gasteiger partial charge in [0.05, 0.1) is 6.04 Å². The van der Waals surface area contributed by atoms with E-state index in [-0.39, 0.29) is 6.04 Å². The minimum absolute atomic E-state index is 0.153. The third kappa shape index (κ3) is 3.64. The molecule has 1 N–H and O–H groups in total. The first kappa shape index (κ1) is 13.7. The number of nitrogens with zero attached hydrogens (tertiary/aromatic N) is 2. The Morgan fingerprint density at radius 1 is 1.16 bits per heavy atom. The molecule has 0 aliphatic rings. The fraction of sp³-hybridized carbons (Fsp3) is 0.467. The van der Waals surface area contributed by atoms with E-state index < -0.39 is 0 Å². The molecule has 2 rings (SSSR count). The second-order valence-electron chi connectivity index (χ2n) is 4.77. The summed E-state index contributed by atoms with van der Waals surface area (Å²) in [5, 5.41) is 11.4. The topological polar surface area (TPSA) is 51.0 Å². The van der Waals surface area contributed by atoms with Crippen LogP contribution in [-0.2, 0) is 12.8 Å². The molecule has 0 saturated carbocycles. The fourth-order valence-corrected chi connectivity index (χ4v) is 2.02. The van der Waals surface area contributed by atoms with Crippen LogP contribution in [0.15, 0.2) is 28.7 Å². The van der Waals surface area contributed by atoms with Gasteiger partial charge in [0.15, 0.2) is 0 Å². The minimum Gasteiger partial charge on any atom is -0.424 e. The molecule has 1 aromatic heterocycles. The lowest BCUT2D eigenvalue weighted by atomic mass is 10.1. The highest BCUT2D eigenvalue weighted by Crippen LogP contribution is 2.15. The summed E-state index contributed by atoms with van der Waals surface area (Å²) in [6.07, 6.45) is 2.66. The van der Waals surface area contributed by atoms with E-state index >= 15 is 0 Å². The Labute approximate surface area is 114 Å². The highest BCUT2D eigenvalue weighted by atomic mass is 16.4. The van der Waals surface area contributed by atoms with Crippen LogP contribution < -0.4 is 5.32 Å². The molecule has 1 aromatic carbocycles. The Bertz CT molecular complexity index is 500. The van der Waals surface area contributed by atoms with Gasteiger partial charge in [-0.3, -0.25) is 0 Å². The third-order valence-corrected chi connectivity index (χ3v) is 3.29. The Hall–Kier alpha value is -1.68. The van der Waals surface area contributed by atoms with Crippen molar-refractivity contribution in [2.45, 2.75) is 39.2 Å². The van der Waals surface area contributed by atoms with Gasteiger partial charge in [0, 0.05) is 6.42 Å². The van der Waals surface area contributed by atoms with E-state index in [2.05, 4.69) is 53.6 Å². The van der Waals surface area contributed by atoms with Crippen LogP contribution in [0.1, 0.15) is 42.3 Å². The molecule has 4 heteroatoms. The molecule has 0 amide bonds. The van der Waals surface area contributed by atoms with E-state index in [0.717, 1.165) is 19.3 Å². The third-order valence-electron chi connectivity index (χ3n) is 3.29. The van der Waals surface area contributed by atoms with Crippen LogP contribution in [0.2, 0.25) is 0 Å². The van der Waals surface area contributed by atoms with Crippen LogP contribution in [0, 0.1) is 6.92 Å². The van der Waals surface area contributed by atoms with E-state index in [1.165, 1.54) is 11.1 Å². The number of nitrogens with one attached hydrogen (secondary N) is 1. The summed E-state index contributed by atoms with van der Waals surface area (Å²) in [6.45, 7) is 4.19. The van der Waals surface area contributed by atoms with Crippen molar-refractivity contribution in [2.24, 2.45) is 0 Å². The van der Waals surface area contributed by atoms with Crippen molar-refractivity contribution in [1.29, 1.82) is 0 Å². The molecule has 0 aliphatic carbocycles. The van der Waals surface area contributed by atoms with E-state index in [0.29, 0.717) is 11.8 Å². The predicted octanol–water partition coefficient (Wildman–Crippen LogP) is 2.83. The summed E-state index contributed by atoms with van der Waals surface area (Å²) in [7, 11) is 1.91. The minimum atomic E-state index is 0.153. The maximum Gasteiger partial charge on any atom is 0.233 e. The summed E-state index contributed by atoms with van der Waals surface area (Å²) in [6, 6.07) is 8.70. The van der Waals surface area contributed by atoms with Crippen LogP contribution >= 0.6 is 0 Å². The van der Waals surface area contributed by atoms with E-state index in [1.54, 1.807) is 0 Å². The van der Waals surface area contributed by atoms with Crippen molar-refractivity contribution in [1.82, 2.24) is 15.5 Å². The molecule has 4 nitrogen and oxygen atoms in total. The number of benzene rings is 1. The van der Waals surface area contributed by atoms with Crippen LogP contribution in [0.5, 0.6) is 0 Å². The Balaban J connectivity index is 1.95. The predicted molar refractivity (Wildman–Crippen MR) is 75.0 cm³/mol. The Kier molecular flexibility index (Phi) is 4.68. The number of hydrogen-bond donors (Lipinski definition) is 1. The molecule has 2 aromatic rings. The summed E-state index contributed by atoms with van der Waals surface area (Å²) >= 11 is 0. The van der Waals surface area contributed by atoms with Gasteiger partial charge in [0.1, 0.15) is 0 Å². The quantitative estimate of drug-likeness (QED) is 0.866. The number of hydrogen-bond acceptors (Lipinski definition) is 4. The summed E-state index contributed by atoms with van der Waals surface area (Å²) in [5.41, 5.74) is 2.58. The molecule has 0 radical (unpaired) electrons. The number of aryl methyl sites for hydroxylation is 3. The molecule has 1 heterocycles. The molecule has 19 heavy (non-hydrogen) atoms. The van der Waals surface area contributed by atoms with Crippen molar-refractivity contribution < 1.29 is 4.42 Å². The summed E-state index contributed by atoms with van der Waals surface area (Å²) in [5.74, 6) is 1.40. The summed E-state index contributed by atoms with van der Waals surface area (Å²) < 4.78 is 5.69. The Morgan fingerprint density at radius 2 is 1.89 bits per heavy atom. The smallest absolute Gasteiger partial charge is 0.233 e.